The van der Waals surface area contributed by atoms with E-state index in [-0.39, 0.29) is 5.91 Å². The number of amides is 1. The summed E-state index contributed by atoms with van der Waals surface area (Å²) in [5, 5.41) is 3.97. The molecule has 26 heavy (non-hydrogen) atoms. The van der Waals surface area contributed by atoms with Crippen molar-refractivity contribution < 1.29 is 9.53 Å². The summed E-state index contributed by atoms with van der Waals surface area (Å²) < 4.78 is 5.67. The molecule has 3 rings (SSSR count). The van der Waals surface area contributed by atoms with Crippen molar-refractivity contribution in [2.45, 2.75) is 26.9 Å². The van der Waals surface area contributed by atoms with Gasteiger partial charge in [0.2, 0.25) is 5.88 Å². The van der Waals surface area contributed by atoms with E-state index in [4.69, 9.17) is 4.74 Å². The maximum atomic E-state index is 12.2. The van der Waals surface area contributed by atoms with Crippen LogP contribution in [0.1, 0.15) is 23.7 Å². The van der Waals surface area contributed by atoms with Gasteiger partial charge in [-0.25, -0.2) is 15.4 Å². The molecule has 0 aliphatic heterocycles. The number of benzene rings is 2. The smallest absolute Gasteiger partial charge is 0.280 e. The number of fused-ring (bicyclic) bond motifs is 1. The average Bonchev–Trinajstić information content (AvgIpc) is 2.63. The number of ether oxygens (including phenoxy) is 1. The van der Waals surface area contributed by atoms with Gasteiger partial charge in [0.1, 0.15) is 5.69 Å². The Kier molecular flexibility index (Phi) is 5.22. The predicted octanol–water partition coefficient (Wildman–Crippen LogP) is 3.16. The summed E-state index contributed by atoms with van der Waals surface area (Å²) >= 11 is 0. The SMILES string of the molecule is Cc1ccc(C=NNC(=O)C(C)Oc2nc3ccccc3nc2C)cc1. The van der Waals surface area contributed by atoms with Crippen LogP contribution in [0, 0.1) is 13.8 Å². The zero-order chi connectivity index (χ0) is 18.5. The van der Waals surface area contributed by atoms with Gasteiger partial charge in [0.25, 0.3) is 5.91 Å². The number of para-hydroxylation sites is 2. The molecular weight excluding hydrogens is 328 g/mol. The largest absolute Gasteiger partial charge is 0.463 e. The molecule has 0 saturated carbocycles. The third-order valence-corrected chi connectivity index (χ3v) is 3.82. The summed E-state index contributed by atoms with van der Waals surface area (Å²) in [5.41, 5.74) is 6.69. The Balaban J connectivity index is 1.63. The van der Waals surface area contributed by atoms with E-state index in [1.54, 1.807) is 20.1 Å². The summed E-state index contributed by atoms with van der Waals surface area (Å²) in [6.07, 6.45) is 0.838. The normalized spacial score (nSPS) is 12.3. The minimum absolute atomic E-state index is 0.342. The van der Waals surface area contributed by atoms with Gasteiger partial charge >= 0.3 is 0 Å². The van der Waals surface area contributed by atoms with Crippen molar-refractivity contribution in [1.82, 2.24) is 15.4 Å². The van der Waals surface area contributed by atoms with Crippen molar-refractivity contribution in [3.8, 4) is 5.88 Å². The second kappa shape index (κ2) is 7.74. The number of nitrogens with one attached hydrogen (secondary N) is 1. The Morgan fingerprint density at radius 2 is 1.73 bits per heavy atom. The highest BCUT2D eigenvalue weighted by molar-refractivity contribution is 5.84. The molecule has 6 nitrogen and oxygen atoms in total. The first-order valence-corrected chi connectivity index (χ1v) is 8.32. The van der Waals surface area contributed by atoms with E-state index in [2.05, 4.69) is 20.5 Å². The van der Waals surface area contributed by atoms with E-state index in [0.717, 1.165) is 16.6 Å². The molecule has 1 N–H and O–H groups in total. The third-order valence-electron chi connectivity index (χ3n) is 3.82. The van der Waals surface area contributed by atoms with Crippen LogP contribution in [0.3, 0.4) is 0 Å². The Morgan fingerprint density at radius 1 is 1.08 bits per heavy atom. The number of hydrazone groups is 1. The topological polar surface area (TPSA) is 76.5 Å². The molecular formula is C20H20N4O2. The zero-order valence-electron chi connectivity index (χ0n) is 14.9. The number of aryl methyl sites for hydroxylation is 2. The van der Waals surface area contributed by atoms with Gasteiger partial charge in [-0.2, -0.15) is 5.10 Å². The fourth-order valence-electron chi connectivity index (χ4n) is 2.32. The van der Waals surface area contributed by atoms with Crippen LogP contribution in [-0.4, -0.2) is 28.2 Å². The van der Waals surface area contributed by atoms with E-state index < -0.39 is 6.10 Å². The van der Waals surface area contributed by atoms with Crippen molar-refractivity contribution in [2.75, 3.05) is 0 Å². The van der Waals surface area contributed by atoms with Crippen molar-refractivity contribution in [2.24, 2.45) is 5.10 Å². The summed E-state index contributed by atoms with van der Waals surface area (Å²) in [5.74, 6) is -0.0171. The quantitative estimate of drug-likeness (QED) is 0.567. The minimum atomic E-state index is -0.751. The Hall–Kier alpha value is -3.28. The van der Waals surface area contributed by atoms with Crippen LogP contribution in [0.25, 0.3) is 11.0 Å². The lowest BCUT2D eigenvalue weighted by Gasteiger charge is -2.14. The second-order valence-corrected chi connectivity index (χ2v) is 6.01. The first-order valence-electron chi connectivity index (χ1n) is 8.32. The van der Waals surface area contributed by atoms with Gasteiger partial charge < -0.3 is 4.74 Å². The fourth-order valence-corrected chi connectivity index (χ4v) is 2.32. The number of carbonyl (C=O) groups is 1. The van der Waals surface area contributed by atoms with Gasteiger partial charge in [-0.1, -0.05) is 42.0 Å². The van der Waals surface area contributed by atoms with Gasteiger partial charge in [0.15, 0.2) is 6.10 Å². The summed E-state index contributed by atoms with van der Waals surface area (Å²) in [6, 6.07) is 15.3. The molecule has 0 saturated heterocycles. The molecule has 3 aromatic rings. The fraction of sp³-hybridized carbons (Fsp3) is 0.200. The van der Waals surface area contributed by atoms with E-state index in [9.17, 15) is 4.79 Å². The molecule has 1 aromatic heterocycles. The summed E-state index contributed by atoms with van der Waals surface area (Å²) in [4.78, 5) is 21.0. The second-order valence-electron chi connectivity index (χ2n) is 6.01. The Labute approximate surface area is 151 Å². The van der Waals surface area contributed by atoms with Crippen molar-refractivity contribution in [1.29, 1.82) is 0 Å². The molecule has 0 aliphatic carbocycles. The van der Waals surface area contributed by atoms with Crippen LogP contribution in [0.15, 0.2) is 53.6 Å². The van der Waals surface area contributed by atoms with Gasteiger partial charge in [-0.15, -0.1) is 0 Å². The van der Waals surface area contributed by atoms with E-state index in [1.807, 2.05) is 55.5 Å². The van der Waals surface area contributed by atoms with Crippen molar-refractivity contribution in [3.05, 3.63) is 65.4 Å². The lowest BCUT2D eigenvalue weighted by Crippen LogP contribution is -2.33. The molecule has 1 heterocycles. The van der Waals surface area contributed by atoms with E-state index in [0.29, 0.717) is 11.6 Å². The number of aromatic nitrogens is 2. The molecule has 2 aromatic carbocycles. The standard InChI is InChI=1S/C20H20N4O2/c1-13-8-10-16(11-9-13)12-21-24-19(25)15(3)26-20-14(2)22-17-6-4-5-7-18(17)23-20/h4-12,15H,1-3H3,(H,24,25). The molecule has 0 radical (unpaired) electrons. The van der Waals surface area contributed by atoms with Crippen LogP contribution in [-0.2, 0) is 4.79 Å². The van der Waals surface area contributed by atoms with Crippen molar-refractivity contribution >= 4 is 23.2 Å². The van der Waals surface area contributed by atoms with Crippen LogP contribution in [0.2, 0.25) is 0 Å². The van der Waals surface area contributed by atoms with Crippen LogP contribution >= 0.6 is 0 Å². The summed E-state index contributed by atoms with van der Waals surface area (Å²) in [7, 11) is 0. The number of rotatable bonds is 5. The molecule has 132 valence electrons. The molecule has 0 spiro atoms. The van der Waals surface area contributed by atoms with Gasteiger partial charge in [-0.3, -0.25) is 4.79 Å². The van der Waals surface area contributed by atoms with Crippen LogP contribution < -0.4 is 10.2 Å². The molecule has 0 fully saturated rings. The van der Waals surface area contributed by atoms with Gasteiger partial charge in [0, 0.05) is 0 Å². The van der Waals surface area contributed by atoms with Crippen LogP contribution in [0.5, 0.6) is 5.88 Å². The van der Waals surface area contributed by atoms with Gasteiger partial charge in [0.05, 0.1) is 17.2 Å². The molecule has 1 unspecified atom stereocenters. The summed E-state index contributed by atoms with van der Waals surface area (Å²) in [6.45, 7) is 5.46. The number of nitrogens with zero attached hydrogens (tertiary/aromatic N) is 3. The predicted molar refractivity (Wildman–Crippen MR) is 101 cm³/mol. The number of hydrogen-bond acceptors (Lipinski definition) is 5. The van der Waals surface area contributed by atoms with Crippen molar-refractivity contribution in [3.63, 3.8) is 0 Å². The van der Waals surface area contributed by atoms with E-state index in [1.165, 1.54) is 5.56 Å². The highest BCUT2D eigenvalue weighted by atomic mass is 16.5. The average molecular weight is 348 g/mol. The lowest BCUT2D eigenvalue weighted by atomic mass is 10.2. The van der Waals surface area contributed by atoms with E-state index >= 15 is 0 Å². The molecule has 1 atom stereocenters. The number of hydrogen-bond donors (Lipinski definition) is 1. The highest BCUT2D eigenvalue weighted by Gasteiger charge is 2.17. The first kappa shape index (κ1) is 17.5. The molecule has 6 heteroatoms. The Bertz CT molecular complexity index is 952. The molecule has 1 amide bonds. The molecule has 0 bridgehead atoms. The monoisotopic (exact) mass is 348 g/mol. The van der Waals surface area contributed by atoms with Gasteiger partial charge in [-0.05, 0) is 38.5 Å². The third kappa shape index (κ3) is 4.22. The van der Waals surface area contributed by atoms with Crippen LogP contribution in [0.4, 0.5) is 0 Å². The minimum Gasteiger partial charge on any atom is -0.463 e. The Morgan fingerprint density at radius 3 is 2.42 bits per heavy atom. The zero-order valence-corrected chi connectivity index (χ0v) is 14.9. The maximum Gasteiger partial charge on any atom is 0.280 e. The molecule has 0 aliphatic rings. The first-order chi connectivity index (χ1) is 12.5. The number of carbonyl (C=O) groups excluding carboxylic acids is 1. The highest BCUT2D eigenvalue weighted by Crippen LogP contribution is 2.19. The maximum absolute atomic E-state index is 12.2. The lowest BCUT2D eigenvalue weighted by molar-refractivity contribution is -0.127.